The van der Waals surface area contributed by atoms with Crippen LogP contribution in [0, 0.1) is 19.8 Å². The van der Waals surface area contributed by atoms with E-state index in [9.17, 15) is 4.79 Å². The highest BCUT2D eigenvalue weighted by Crippen LogP contribution is 2.19. The summed E-state index contributed by atoms with van der Waals surface area (Å²) in [6.45, 7) is 9.72. The molecule has 0 saturated carbocycles. The minimum atomic E-state index is 0.196. The van der Waals surface area contributed by atoms with Gasteiger partial charge in [0, 0.05) is 18.7 Å². The molecule has 1 amide bonds. The molecular weight excluding hydrogens is 254 g/mol. The van der Waals surface area contributed by atoms with Gasteiger partial charge in [0.05, 0.1) is 12.1 Å². The Bertz CT molecular complexity index is 428. The summed E-state index contributed by atoms with van der Waals surface area (Å²) in [5.74, 6) is 1.66. The Hall–Kier alpha value is -1.36. The maximum Gasteiger partial charge on any atom is 0.227 e. The number of likely N-dealkylation sites (tertiary alicyclic amines) is 1. The standard InChI is InChI=1S/C15H25N3O2/c1-4-16-10-13-5-7-18(8-6-13)15(19)9-14-11(2)17-20-12(14)3/h13,16H,4-10H2,1-3H3. The number of rotatable bonds is 5. The fourth-order valence-corrected chi connectivity index (χ4v) is 2.75. The van der Waals surface area contributed by atoms with Crippen LogP contribution in [0.4, 0.5) is 0 Å². The molecule has 0 radical (unpaired) electrons. The van der Waals surface area contributed by atoms with Crippen LogP contribution in [-0.4, -0.2) is 42.1 Å². The molecule has 5 heteroatoms. The lowest BCUT2D eigenvalue weighted by atomic mass is 9.96. The summed E-state index contributed by atoms with van der Waals surface area (Å²) in [5.41, 5.74) is 1.78. The molecule has 0 spiro atoms. The van der Waals surface area contributed by atoms with Gasteiger partial charge in [0.1, 0.15) is 5.76 Å². The van der Waals surface area contributed by atoms with Gasteiger partial charge < -0.3 is 14.7 Å². The smallest absolute Gasteiger partial charge is 0.227 e. The van der Waals surface area contributed by atoms with Crippen molar-refractivity contribution in [2.24, 2.45) is 5.92 Å². The monoisotopic (exact) mass is 279 g/mol. The number of aromatic nitrogens is 1. The first kappa shape index (κ1) is 15.0. The fraction of sp³-hybridized carbons (Fsp3) is 0.733. The fourth-order valence-electron chi connectivity index (χ4n) is 2.75. The second kappa shape index (κ2) is 6.88. The number of carbonyl (C=O) groups excluding carboxylic acids is 1. The van der Waals surface area contributed by atoms with E-state index < -0.39 is 0 Å². The molecule has 0 atom stereocenters. The molecule has 0 aliphatic carbocycles. The molecule has 112 valence electrons. The number of aryl methyl sites for hydroxylation is 2. The van der Waals surface area contributed by atoms with Crippen LogP contribution in [0.2, 0.25) is 0 Å². The predicted molar refractivity (Wildman–Crippen MR) is 77.5 cm³/mol. The largest absolute Gasteiger partial charge is 0.361 e. The molecule has 20 heavy (non-hydrogen) atoms. The molecule has 1 aromatic rings. The zero-order valence-corrected chi connectivity index (χ0v) is 12.7. The molecule has 2 rings (SSSR count). The highest BCUT2D eigenvalue weighted by Gasteiger charge is 2.24. The maximum absolute atomic E-state index is 12.3. The third kappa shape index (κ3) is 3.60. The summed E-state index contributed by atoms with van der Waals surface area (Å²) < 4.78 is 5.12. The average Bonchev–Trinajstić information content (AvgIpc) is 2.77. The van der Waals surface area contributed by atoms with E-state index in [0.717, 1.165) is 56.0 Å². The Labute approximate surface area is 120 Å². The molecule has 0 unspecified atom stereocenters. The molecule has 1 aliphatic heterocycles. The zero-order chi connectivity index (χ0) is 14.5. The van der Waals surface area contributed by atoms with E-state index in [2.05, 4.69) is 17.4 Å². The number of amides is 1. The van der Waals surface area contributed by atoms with Crippen LogP contribution in [0.3, 0.4) is 0 Å². The quantitative estimate of drug-likeness (QED) is 0.891. The van der Waals surface area contributed by atoms with E-state index in [0.29, 0.717) is 12.3 Å². The Balaban J connectivity index is 1.83. The molecule has 1 N–H and O–H groups in total. The van der Waals surface area contributed by atoms with Gasteiger partial charge in [-0.25, -0.2) is 0 Å². The number of piperidine rings is 1. The van der Waals surface area contributed by atoms with Crippen LogP contribution in [0.25, 0.3) is 0 Å². The summed E-state index contributed by atoms with van der Waals surface area (Å²) in [4.78, 5) is 14.3. The lowest BCUT2D eigenvalue weighted by Crippen LogP contribution is -2.41. The number of nitrogens with one attached hydrogen (secondary N) is 1. The van der Waals surface area contributed by atoms with Gasteiger partial charge in [-0.05, 0) is 45.7 Å². The lowest BCUT2D eigenvalue weighted by Gasteiger charge is -2.32. The minimum Gasteiger partial charge on any atom is -0.361 e. The number of hydrogen-bond acceptors (Lipinski definition) is 4. The van der Waals surface area contributed by atoms with Crippen molar-refractivity contribution in [1.82, 2.24) is 15.4 Å². The summed E-state index contributed by atoms with van der Waals surface area (Å²) in [6.07, 6.45) is 2.61. The molecule has 1 fully saturated rings. The van der Waals surface area contributed by atoms with Gasteiger partial charge in [-0.2, -0.15) is 0 Å². The number of hydrogen-bond donors (Lipinski definition) is 1. The van der Waals surface area contributed by atoms with Gasteiger partial charge in [-0.3, -0.25) is 4.79 Å². The second-order valence-electron chi connectivity index (χ2n) is 5.61. The van der Waals surface area contributed by atoms with Crippen molar-refractivity contribution in [3.63, 3.8) is 0 Å². The lowest BCUT2D eigenvalue weighted by molar-refractivity contribution is -0.131. The molecule has 5 nitrogen and oxygen atoms in total. The van der Waals surface area contributed by atoms with Gasteiger partial charge in [0.15, 0.2) is 0 Å². The van der Waals surface area contributed by atoms with E-state index >= 15 is 0 Å². The first-order valence-corrected chi connectivity index (χ1v) is 7.52. The summed E-state index contributed by atoms with van der Waals surface area (Å²) >= 11 is 0. The molecule has 1 aromatic heterocycles. The van der Waals surface area contributed by atoms with E-state index in [1.54, 1.807) is 0 Å². The SMILES string of the molecule is CCNCC1CCN(C(=O)Cc2c(C)noc2C)CC1. The molecule has 2 heterocycles. The normalized spacial score (nSPS) is 16.6. The molecule has 0 aromatic carbocycles. The first-order valence-electron chi connectivity index (χ1n) is 7.52. The first-order chi connectivity index (χ1) is 9.61. The van der Waals surface area contributed by atoms with Gasteiger partial charge in [-0.1, -0.05) is 12.1 Å². The van der Waals surface area contributed by atoms with Crippen molar-refractivity contribution < 1.29 is 9.32 Å². The average molecular weight is 279 g/mol. The van der Waals surface area contributed by atoms with E-state index in [4.69, 9.17) is 4.52 Å². The molecule has 0 bridgehead atoms. The highest BCUT2D eigenvalue weighted by atomic mass is 16.5. The summed E-state index contributed by atoms with van der Waals surface area (Å²) in [7, 11) is 0. The van der Waals surface area contributed by atoms with Gasteiger partial charge >= 0.3 is 0 Å². The third-order valence-electron chi connectivity index (χ3n) is 4.16. The van der Waals surface area contributed by atoms with Crippen LogP contribution >= 0.6 is 0 Å². The van der Waals surface area contributed by atoms with Gasteiger partial charge in [-0.15, -0.1) is 0 Å². The van der Waals surface area contributed by atoms with Crippen molar-refractivity contribution in [3.8, 4) is 0 Å². The third-order valence-corrected chi connectivity index (χ3v) is 4.16. The molecule has 1 saturated heterocycles. The number of carbonyl (C=O) groups is 1. The van der Waals surface area contributed by atoms with Crippen LogP contribution in [-0.2, 0) is 11.2 Å². The van der Waals surface area contributed by atoms with Crippen molar-refractivity contribution in [2.45, 2.75) is 40.0 Å². The van der Waals surface area contributed by atoms with Crippen LogP contribution < -0.4 is 5.32 Å². The Morgan fingerprint density at radius 3 is 2.65 bits per heavy atom. The van der Waals surface area contributed by atoms with Crippen LogP contribution in [0.5, 0.6) is 0 Å². The van der Waals surface area contributed by atoms with E-state index in [-0.39, 0.29) is 5.91 Å². The van der Waals surface area contributed by atoms with Gasteiger partial charge in [0.25, 0.3) is 0 Å². The molecule has 1 aliphatic rings. The second-order valence-corrected chi connectivity index (χ2v) is 5.61. The van der Waals surface area contributed by atoms with Crippen molar-refractivity contribution in [3.05, 3.63) is 17.0 Å². The Morgan fingerprint density at radius 1 is 1.40 bits per heavy atom. The van der Waals surface area contributed by atoms with E-state index in [1.807, 2.05) is 18.7 Å². The van der Waals surface area contributed by atoms with Crippen molar-refractivity contribution in [2.75, 3.05) is 26.2 Å². The topological polar surface area (TPSA) is 58.4 Å². The van der Waals surface area contributed by atoms with E-state index in [1.165, 1.54) is 0 Å². The molecular formula is C15H25N3O2. The van der Waals surface area contributed by atoms with Crippen molar-refractivity contribution >= 4 is 5.91 Å². The van der Waals surface area contributed by atoms with Crippen LogP contribution in [0.15, 0.2) is 4.52 Å². The predicted octanol–water partition coefficient (Wildman–Crippen LogP) is 1.68. The maximum atomic E-state index is 12.3. The zero-order valence-electron chi connectivity index (χ0n) is 12.7. The van der Waals surface area contributed by atoms with Crippen molar-refractivity contribution in [1.29, 1.82) is 0 Å². The highest BCUT2D eigenvalue weighted by molar-refractivity contribution is 5.79. The minimum absolute atomic E-state index is 0.196. The Morgan fingerprint density at radius 2 is 2.10 bits per heavy atom. The summed E-state index contributed by atoms with van der Waals surface area (Å²) in [5, 5.41) is 7.30. The number of nitrogens with zero attached hydrogens (tertiary/aromatic N) is 2. The Kier molecular flexibility index (Phi) is 5.17. The summed E-state index contributed by atoms with van der Waals surface area (Å²) in [6, 6.07) is 0. The van der Waals surface area contributed by atoms with Crippen LogP contribution in [0.1, 0.15) is 36.8 Å². The van der Waals surface area contributed by atoms with Gasteiger partial charge in [0.2, 0.25) is 5.91 Å².